The van der Waals surface area contributed by atoms with E-state index in [9.17, 15) is 14.3 Å². The van der Waals surface area contributed by atoms with E-state index in [1.54, 1.807) is 0 Å². The lowest BCUT2D eigenvalue weighted by atomic mass is 9.89. The minimum Gasteiger partial charge on any atom is -0.478 e. The van der Waals surface area contributed by atoms with Crippen LogP contribution >= 0.6 is 0 Å². The third-order valence-corrected chi connectivity index (χ3v) is 4.83. The second-order valence-corrected chi connectivity index (χ2v) is 6.23. The van der Waals surface area contributed by atoms with Crippen LogP contribution < -0.4 is 4.74 Å². The molecule has 0 aliphatic carbocycles. The summed E-state index contributed by atoms with van der Waals surface area (Å²) in [7, 11) is 0. The third kappa shape index (κ3) is 3.64. The van der Waals surface area contributed by atoms with Crippen molar-refractivity contribution in [3.05, 3.63) is 30.1 Å². The van der Waals surface area contributed by atoms with Crippen molar-refractivity contribution in [3.8, 4) is 5.75 Å². The SMILES string of the molecule is O=C(O)C1(Oc2ccc(F)cc2)CCN(C2CCOCC2)CC1. The molecule has 0 radical (unpaired) electrons. The minimum atomic E-state index is -1.22. The average Bonchev–Trinajstić information content (AvgIpc) is 2.58. The molecule has 0 atom stereocenters. The van der Waals surface area contributed by atoms with E-state index in [-0.39, 0.29) is 5.82 Å². The third-order valence-electron chi connectivity index (χ3n) is 4.83. The van der Waals surface area contributed by atoms with Gasteiger partial charge >= 0.3 is 5.97 Å². The maximum Gasteiger partial charge on any atom is 0.348 e. The zero-order valence-corrected chi connectivity index (χ0v) is 13.0. The Morgan fingerprint density at radius 1 is 1.22 bits per heavy atom. The Labute approximate surface area is 135 Å². The molecule has 6 heteroatoms. The number of carboxylic acids is 1. The Morgan fingerprint density at radius 3 is 2.39 bits per heavy atom. The molecule has 0 aromatic heterocycles. The number of hydrogen-bond acceptors (Lipinski definition) is 4. The van der Waals surface area contributed by atoms with Gasteiger partial charge in [-0.15, -0.1) is 0 Å². The summed E-state index contributed by atoms with van der Waals surface area (Å²) < 4.78 is 24.1. The van der Waals surface area contributed by atoms with E-state index in [1.165, 1.54) is 24.3 Å². The number of likely N-dealkylation sites (tertiary alicyclic amines) is 1. The maximum absolute atomic E-state index is 13.0. The molecule has 0 amide bonds. The van der Waals surface area contributed by atoms with E-state index >= 15 is 0 Å². The van der Waals surface area contributed by atoms with Gasteiger partial charge in [0.2, 0.25) is 5.60 Å². The molecule has 23 heavy (non-hydrogen) atoms. The minimum absolute atomic E-state index is 0.365. The van der Waals surface area contributed by atoms with Gasteiger partial charge in [0.15, 0.2) is 0 Å². The number of carbonyl (C=O) groups is 1. The zero-order chi connectivity index (χ0) is 16.3. The molecule has 1 N–H and O–H groups in total. The summed E-state index contributed by atoms with van der Waals surface area (Å²) in [5.74, 6) is -0.919. The molecule has 5 nitrogen and oxygen atoms in total. The molecule has 0 spiro atoms. The van der Waals surface area contributed by atoms with Crippen LogP contribution in [-0.4, -0.2) is 53.9 Å². The molecule has 2 heterocycles. The van der Waals surface area contributed by atoms with Crippen molar-refractivity contribution in [3.63, 3.8) is 0 Å². The molecule has 2 aliphatic heterocycles. The number of ether oxygens (including phenoxy) is 2. The highest BCUT2D eigenvalue weighted by molar-refractivity contribution is 5.78. The van der Waals surface area contributed by atoms with Crippen LogP contribution in [0.25, 0.3) is 0 Å². The number of nitrogens with zero attached hydrogens (tertiary/aromatic N) is 1. The second-order valence-electron chi connectivity index (χ2n) is 6.23. The highest BCUT2D eigenvalue weighted by Gasteiger charge is 2.45. The predicted octanol–water partition coefficient (Wildman–Crippen LogP) is 2.30. The molecule has 2 fully saturated rings. The average molecular weight is 323 g/mol. The van der Waals surface area contributed by atoms with Gasteiger partial charge in [-0.05, 0) is 37.1 Å². The Balaban J connectivity index is 1.66. The van der Waals surface area contributed by atoms with Gasteiger partial charge in [-0.3, -0.25) is 4.90 Å². The van der Waals surface area contributed by atoms with E-state index in [2.05, 4.69) is 4.90 Å². The molecule has 0 bridgehead atoms. The van der Waals surface area contributed by atoms with Crippen molar-refractivity contribution in [2.24, 2.45) is 0 Å². The maximum atomic E-state index is 13.0. The quantitative estimate of drug-likeness (QED) is 0.921. The van der Waals surface area contributed by atoms with Crippen LogP contribution in [0.4, 0.5) is 4.39 Å². The first-order valence-corrected chi connectivity index (χ1v) is 8.09. The molecule has 126 valence electrons. The number of piperidine rings is 1. The van der Waals surface area contributed by atoms with E-state index in [1.807, 2.05) is 0 Å². The molecular formula is C17H22FNO4. The largest absolute Gasteiger partial charge is 0.478 e. The van der Waals surface area contributed by atoms with E-state index in [4.69, 9.17) is 9.47 Å². The fourth-order valence-electron chi connectivity index (χ4n) is 3.39. The Bertz CT molecular complexity index is 534. The summed E-state index contributed by atoms with van der Waals surface area (Å²) in [4.78, 5) is 14.1. The van der Waals surface area contributed by atoms with Crippen molar-refractivity contribution in [1.29, 1.82) is 0 Å². The van der Waals surface area contributed by atoms with Gasteiger partial charge in [0, 0.05) is 45.2 Å². The Kier molecular flexibility index (Phi) is 4.82. The first-order chi connectivity index (χ1) is 11.1. The van der Waals surface area contributed by atoms with Crippen LogP contribution in [0.3, 0.4) is 0 Å². The lowest BCUT2D eigenvalue weighted by molar-refractivity contribution is -0.160. The van der Waals surface area contributed by atoms with Gasteiger partial charge in [0.25, 0.3) is 0 Å². The molecule has 0 saturated carbocycles. The summed E-state index contributed by atoms with van der Waals surface area (Å²) in [6, 6.07) is 5.99. The molecule has 0 unspecified atom stereocenters. The topological polar surface area (TPSA) is 59.0 Å². The first-order valence-electron chi connectivity index (χ1n) is 8.09. The number of hydrogen-bond donors (Lipinski definition) is 1. The predicted molar refractivity (Wildman–Crippen MR) is 82.0 cm³/mol. The molecule has 3 rings (SSSR count). The van der Waals surface area contributed by atoms with Crippen molar-refractivity contribution in [2.45, 2.75) is 37.3 Å². The summed E-state index contributed by atoms with van der Waals surface area (Å²) in [6.45, 7) is 2.94. The van der Waals surface area contributed by atoms with Crippen LogP contribution in [0.2, 0.25) is 0 Å². The number of halogens is 1. The summed E-state index contributed by atoms with van der Waals surface area (Å²) in [5, 5.41) is 9.66. The monoisotopic (exact) mass is 323 g/mol. The lowest BCUT2D eigenvalue weighted by Gasteiger charge is -2.43. The van der Waals surface area contributed by atoms with Crippen LogP contribution in [-0.2, 0) is 9.53 Å². The van der Waals surface area contributed by atoms with Crippen molar-refractivity contribution in [1.82, 2.24) is 4.90 Å². The van der Waals surface area contributed by atoms with Gasteiger partial charge in [-0.2, -0.15) is 0 Å². The summed E-state index contributed by atoms with van der Waals surface area (Å²) in [5.41, 5.74) is -1.22. The van der Waals surface area contributed by atoms with E-state index < -0.39 is 11.6 Å². The summed E-state index contributed by atoms with van der Waals surface area (Å²) in [6.07, 6.45) is 2.85. The molecule has 1 aromatic carbocycles. The standard InChI is InChI=1S/C17H22FNO4/c18-13-1-3-15(4-2-13)23-17(16(20)21)7-9-19(10-8-17)14-5-11-22-12-6-14/h1-4,14H,5-12H2,(H,20,21). The van der Waals surface area contributed by atoms with Gasteiger partial charge in [0.1, 0.15) is 11.6 Å². The molecule has 1 aromatic rings. The Hall–Kier alpha value is -1.66. The van der Waals surface area contributed by atoms with Crippen molar-refractivity contribution in [2.75, 3.05) is 26.3 Å². The van der Waals surface area contributed by atoms with Gasteiger partial charge < -0.3 is 14.6 Å². The van der Waals surface area contributed by atoms with Gasteiger partial charge in [-0.25, -0.2) is 9.18 Å². The second kappa shape index (κ2) is 6.84. The van der Waals surface area contributed by atoms with Crippen molar-refractivity contribution < 1.29 is 23.8 Å². The van der Waals surface area contributed by atoms with E-state index in [0.29, 0.717) is 37.7 Å². The highest BCUT2D eigenvalue weighted by atomic mass is 19.1. The Morgan fingerprint density at radius 2 is 1.83 bits per heavy atom. The van der Waals surface area contributed by atoms with Gasteiger partial charge in [0.05, 0.1) is 0 Å². The molecular weight excluding hydrogens is 301 g/mol. The first kappa shape index (κ1) is 16.2. The van der Waals surface area contributed by atoms with Crippen molar-refractivity contribution >= 4 is 5.97 Å². The number of rotatable bonds is 4. The lowest BCUT2D eigenvalue weighted by Crippen LogP contribution is -2.55. The highest BCUT2D eigenvalue weighted by Crippen LogP contribution is 2.31. The van der Waals surface area contributed by atoms with Crippen LogP contribution in [0.1, 0.15) is 25.7 Å². The number of carboxylic acid groups (broad SMARTS) is 1. The van der Waals surface area contributed by atoms with Crippen LogP contribution in [0, 0.1) is 5.82 Å². The number of aliphatic carboxylic acids is 1. The fourth-order valence-corrected chi connectivity index (χ4v) is 3.39. The summed E-state index contributed by atoms with van der Waals surface area (Å²) >= 11 is 0. The fraction of sp³-hybridized carbons (Fsp3) is 0.588. The molecule has 2 saturated heterocycles. The van der Waals surface area contributed by atoms with Crippen LogP contribution in [0.15, 0.2) is 24.3 Å². The van der Waals surface area contributed by atoms with Crippen LogP contribution in [0.5, 0.6) is 5.75 Å². The van der Waals surface area contributed by atoms with Gasteiger partial charge in [-0.1, -0.05) is 0 Å². The normalized spacial score (nSPS) is 22.7. The zero-order valence-electron chi connectivity index (χ0n) is 13.0. The number of benzene rings is 1. The molecule has 2 aliphatic rings. The smallest absolute Gasteiger partial charge is 0.348 e. The van der Waals surface area contributed by atoms with E-state index in [0.717, 1.165) is 26.1 Å².